The third-order valence-electron chi connectivity index (χ3n) is 5.38. The van der Waals surface area contributed by atoms with E-state index in [1.807, 2.05) is 44.2 Å². The van der Waals surface area contributed by atoms with Crippen LogP contribution in [0.5, 0.6) is 11.8 Å². The molecule has 30 heavy (non-hydrogen) atoms. The van der Waals surface area contributed by atoms with Crippen molar-refractivity contribution in [2.75, 3.05) is 6.61 Å². The fourth-order valence-electron chi connectivity index (χ4n) is 3.73. The molecule has 0 bridgehead atoms. The van der Waals surface area contributed by atoms with Crippen LogP contribution in [0.4, 0.5) is 0 Å². The van der Waals surface area contributed by atoms with Crippen LogP contribution >= 0.6 is 0 Å². The maximum Gasteiger partial charge on any atom is 0.317 e. The van der Waals surface area contributed by atoms with Crippen molar-refractivity contribution in [1.29, 1.82) is 0 Å². The van der Waals surface area contributed by atoms with Gasteiger partial charge in [-0.05, 0) is 76.3 Å². The van der Waals surface area contributed by atoms with Gasteiger partial charge in [0.15, 0.2) is 0 Å². The number of hydrogen-bond donors (Lipinski definition) is 1. The molecule has 0 unspecified atom stereocenters. The van der Waals surface area contributed by atoms with Gasteiger partial charge >= 0.3 is 6.01 Å². The van der Waals surface area contributed by atoms with E-state index in [1.165, 1.54) is 12.8 Å². The van der Waals surface area contributed by atoms with Crippen molar-refractivity contribution in [1.82, 2.24) is 15.3 Å². The van der Waals surface area contributed by atoms with E-state index >= 15 is 0 Å². The molecule has 3 rings (SSSR count). The number of carbonyl (C=O) groups is 1. The van der Waals surface area contributed by atoms with Gasteiger partial charge < -0.3 is 14.8 Å². The van der Waals surface area contributed by atoms with Gasteiger partial charge in [-0.2, -0.15) is 0 Å². The Labute approximate surface area is 179 Å². The summed E-state index contributed by atoms with van der Waals surface area (Å²) < 4.78 is 11.7. The lowest BCUT2D eigenvalue weighted by Crippen LogP contribution is -2.39. The maximum absolute atomic E-state index is 12.6. The minimum Gasteiger partial charge on any atom is -0.494 e. The molecular formula is C24H33N3O3. The molecule has 1 aromatic carbocycles. The number of rotatable bonds is 9. The van der Waals surface area contributed by atoms with Crippen molar-refractivity contribution in [2.45, 2.75) is 77.9 Å². The Morgan fingerprint density at radius 1 is 1.03 bits per heavy atom. The van der Waals surface area contributed by atoms with Crippen molar-refractivity contribution in [3.63, 3.8) is 0 Å². The van der Waals surface area contributed by atoms with Gasteiger partial charge in [0.1, 0.15) is 11.9 Å². The van der Waals surface area contributed by atoms with Crippen LogP contribution in [-0.2, 0) is 0 Å². The zero-order valence-electron chi connectivity index (χ0n) is 18.3. The minimum atomic E-state index is -0.0328. The lowest BCUT2D eigenvalue weighted by atomic mass is 9.92. The number of aromatic nitrogens is 2. The Morgan fingerprint density at radius 3 is 2.33 bits per heavy atom. The fourth-order valence-corrected chi connectivity index (χ4v) is 3.73. The average Bonchev–Trinajstić information content (AvgIpc) is 2.72. The number of amides is 1. The summed E-state index contributed by atoms with van der Waals surface area (Å²) in [6.45, 7) is 6.78. The predicted octanol–water partition coefficient (Wildman–Crippen LogP) is 4.78. The second-order valence-corrected chi connectivity index (χ2v) is 8.08. The Bertz CT molecular complexity index is 795. The molecule has 1 aromatic heterocycles. The van der Waals surface area contributed by atoms with Gasteiger partial charge in [0.25, 0.3) is 5.91 Å². The van der Waals surface area contributed by atoms with Crippen LogP contribution in [0.25, 0.3) is 0 Å². The van der Waals surface area contributed by atoms with Crippen molar-refractivity contribution < 1.29 is 14.3 Å². The molecule has 162 valence electrons. The second-order valence-electron chi connectivity index (χ2n) is 8.08. The molecule has 0 saturated heterocycles. The predicted molar refractivity (Wildman–Crippen MR) is 117 cm³/mol. The first-order chi connectivity index (χ1) is 14.5. The van der Waals surface area contributed by atoms with E-state index in [2.05, 4.69) is 22.2 Å². The first-order valence-electron chi connectivity index (χ1n) is 11.1. The molecule has 1 N–H and O–H groups in total. The van der Waals surface area contributed by atoms with Crippen LogP contribution in [0, 0.1) is 13.8 Å². The zero-order chi connectivity index (χ0) is 21.3. The number of hydrogen-bond acceptors (Lipinski definition) is 5. The van der Waals surface area contributed by atoms with Crippen molar-refractivity contribution in [3.8, 4) is 11.8 Å². The van der Waals surface area contributed by atoms with Gasteiger partial charge in [0.05, 0.1) is 6.61 Å². The smallest absolute Gasteiger partial charge is 0.317 e. The monoisotopic (exact) mass is 411 g/mol. The summed E-state index contributed by atoms with van der Waals surface area (Å²) in [5.41, 5.74) is 2.49. The fraction of sp³-hybridized carbons (Fsp3) is 0.542. The van der Waals surface area contributed by atoms with Crippen molar-refractivity contribution in [3.05, 3.63) is 47.3 Å². The molecule has 0 aliphatic heterocycles. The van der Waals surface area contributed by atoms with E-state index in [0.29, 0.717) is 11.6 Å². The summed E-state index contributed by atoms with van der Waals surface area (Å²) in [4.78, 5) is 21.3. The first-order valence-corrected chi connectivity index (χ1v) is 11.1. The first kappa shape index (κ1) is 22.1. The molecule has 6 nitrogen and oxygen atoms in total. The highest BCUT2D eigenvalue weighted by Crippen LogP contribution is 2.23. The van der Waals surface area contributed by atoms with Crippen molar-refractivity contribution >= 4 is 5.91 Å². The normalized spacial score (nSPS) is 18.6. The highest BCUT2D eigenvalue weighted by molar-refractivity contribution is 5.94. The number of benzene rings is 1. The molecule has 6 heteroatoms. The van der Waals surface area contributed by atoms with E-state index in [0.717, 1.165) is 55.8 Å². The molecule has 0 atom stereocenters. The molecule has 1 amide bonds. The Morgan fingerprint density at radius 2 is 1.70 bits per heavy atom. The van der Waals surface area contributed by atoms with E-state index in [4.69, 9.17) is 9.47 Å². The number of carbonyl (C=O) groups excluding carboxylic acids is 1. The number of aryl methyl sites for hydroxylation is 2. The Hall–Kier alpha value is -2.63. The van der Waals surface area contributed by atoms with Crippen LogP contribution in [0.1, 0.15) is 73.6 Å². The van der Waals surface area contributed by atoms with Gasteiger partial charge in [-0.25, -0.2) is 9.97 Å². The van der Waals surface area contributed by atoms with Gasteiger partial charge in [0, 0.05) is 23.0 Å². The molecular weight excluding hydrogens is 378 g/mol. The summed E-state index contributed by atoms with van der Waals surface area (Å²) in [5, 5.41) is 3.15. The zero-order valence-corrected chi connectivity index (χ0v) is 18.3. The topological polar surface area (TPSA) is 73.3 Å². The maximum atomic E-state index is 12.6. The Kier molecular flexibility index (Phi) is 8.05. The summed E-state index contributed by atoms with van der Waals surface area (Å²) in [7, 11) is 0. The van der Waals surface area contributed by atoms with E-state index < -0.39 is 0 Å². The van der Waals surface area contributed by atoms with Crippen molar-refractivity contribution in [2.24, 2.45) is 0 Å². The molecule has 1 fully saturated rings. The molecule has 0 spiro atoms. The van der Waals surface area contributed by atoms with Crippen LogP contribution in [0.15, 0.2) is 30.3 Å². The summed E-state index contributed by atoms with van der Waals surface area (Å²) in [6, 6.07) is 9.96. The summed E-state index contributed by atoms with van der Waals surface area (Å²) in [5.74, 6) is 0.781. The number of ether oxygens (including phenoxy) is 2. The van der Waals surface area contributed by atoms with E-state index in [-0.39, 0.29) is 18.1 Å². The SMILES string of the molecule is CCCCCOc1ccc(C(=O)NC2CCC(Oc3nc(C)cc(C)n3)CC2)cc1. The molecule has 1 aliphatic carbocycles. The molecule has 1 heterocycles. The highest BCUT2D eigenvalue weighted by Gasteiger charge is 2.24. The minimum absolute atomic E-state index is 0.0328. The van der Waals surface area contributed by atoms with Gasteiger partial charge in [-0.3, -0.25) is 4.79 Å². The largest absolute Gasteiger partial charge is 0.494 e. The average molecular weight is 412 g/mol. The number of nitrogens with zero attached hydrogens (tertiary/aromatic N) is 2. The van der Waals surface area contributed by atoms with Gasteiger partial charge in [0.2, 0.25) is 0 Å². The van der Waals surface area contributed by atoms with E-state index in [1.54, 1.807) is 0 Å². The molecule has 0 radical (unpaired) electrons. The summed E-state index contributed by atoms with van der Waals surface area (Å²) >= 11 is 0. The standard InChI is InChI=1S/C24H33N3O3/c1-4-5-6-15-29-21-11-7-19(8-12-21)23(28)27-20-9-13-22(14-10-20)30-24-25-17(2)16-18(3)26-24/h7-8,11-12,16,20,22H,4-6,9-10,13-15H2,1-3H3,(H,27,28). The van der Waals surface area contributed by atoms with Crippen LogP contribution < -0.4 is 14.8 Å². The third kappa shape index (κ3) is 6.71. The van der Waals surface area contributed by atoms with Crippen LogP contribution in [-0.4, -0.2) is 34.6 Å². The lowest BCUT2D eigenvalue weighted by molar-refractivity contribution is 0.0884. The van der Waals surface area contributed by atoms with Gasteiger partial charge in [-0.1, -0.05) is 19.8 Å². The second kappa shape index (κ2) is 11.0. The van der Waals surface area contributed by atoms with Gasteiger partial charge in [-0.15, -0.1) is 0 Å². The van der Waals surface area contributed by atoms with E-state index in [9.17, 15) is 4.79 Å². The lowest BCUT2D eigenvalue weighted by Gasteiger charge is -2.29. The summed E-state index contributed by atoms with van der Waals surface area (Å²) in [6.07, 6.45) is 7.04. The highest BCUT2D eigenvalue weighted by atomic mass is 16.5. The van der Waals surface area contributed by atoms with Crippen LogP contribution in [0.2, 0.25) is 0 Å². The third-order valence-corrected chi connectivity index (χ3v) is 5.38. The molecule has 1 aliphatic rings. The number of nitrogens with one attached hydrogen (secondary N) is 1. The number of unbranched alkanes of at least 4 members (excludes halogenated alkanes) is 2. The Balaban J connectivity index is 1.42. The molecule has 1 saturated carbocycles. The quantitative estimate of drug-likeness (QED) is 0.601. The van der Waals surface area contributed by atoms with Crippen LogP contribution in [0.3, 0.4) is 0 Å². The molecule has 2 aromatic rings.